The van der Waals surface area contributed by atoms with Gasteiger partial charge in [-0.3, -0.25) is 0 Å². The number of nitrogen functional groups attached to an aromatic ring is 1. The van der Waals surface area contributed by atoms with Crippen molar-refractivity contribution in [2.45, 2.75) is 12.8 Å². The van der Waals surface area contributed by atoms with Gasteiger partial charge in [-0.2, -0.15) is 13.2 Å². The quantitative estimate of drug-likeness (QED) is 0.880. The summed E-state index contributed by atoms with van der Waals surface area (Å²) in [7, 11) is 0. The highest BCUT2D eigenvalue weighted by Crippen LogP contribution is 2.35. The molecule has 2 N–H and O–H groups in total. The Labute approximate surface area is 124 Å². The predicted molar refractivity (Wildman–Crippen MR) is 72.8 cm³/mol. The Hall–Kier alpha value is -2.57. The number of halogens is 3. The van der Waals surface area contributed by atoms with Gasteiger partial charge in [-0.15, -0.1) is 0 Å². The van der Waals surface area contributed by atoms with Gasteiger partial charge < -0.3 is 19.9 Å². The van der Waals surface area contributed by atoms with E-state index in [0.29, 0.717) is 11.5 Å². The van der Waals surface area contributed by atoms with Gasteiger partial charge in [-0.1, -0.05) is 6.07 Å². The Morgan fingerprint density at radius 1 is 1.05 bits per heavy atom. The fourth-order valence-corrected chi connectivity index (χ4v) is 2.05. The van der Waals surface area contributed by atoms with Crippen molar-refractivity contribution in [3.8, 4) is 17.2 Å². The summed E-state index contributed by atoms with van der Waals surface area (Å²) >= 11 is 0. The van der Waals surface area contributed by atoms with Crippen LogP contribution in [0.15, 0.2) is 36.4 Å². The van der Waals surface area contributed by atoms with Crippen molar-refractivity contribution in [2.75, 3.05) is 12.5 Å². The topological polar surface area (TPSA) is 53.7 Å². The first-order valence-electron chi connectivity index (χ1n) is 6.41. The lowest BCUT2D eigenvalue weighted by Gasteiger charge is -2.12. The fraction of sp³-hybridized carbons (Fsp3) is 0.200. The van der Waals surface area contributed by atoms with Crippen LogP contribution in [0.25, 0.3) is 0 Å². The molecule has 0 radical (unpaired) electrons. The lowest BCUT2D eigenvalue weighted by molar-refractivity contribution is -0.137. The van der Waals surface area contributed by atoms with E-state index in [2.05, 4.69) is 0 Å². The van der Waals surface area contributed by atoms with Crippen molar-refractivity contribution in [1.82, 2.24) is 0 Å². The normalized spacial score (nSPS) is 13.2. The van der Waals surface area contributed by atoms with Crippen LogP contribution in [0.5, 0.6) is 17.2 Å². The molecule has 0 saturated heterocycles. The van der Waals surface area contributed by atoms with E-state index in [-0.39, 0.29) is 24.8 Å². The van der Waals surface area contributed by atoms with Crippen LogP contribution in [0, 0.1) is 0 Å². The van der Waals surface area contributed by atoms with Crippen LogP contribution in [-0.4, -0.2) is 6.79 Å². The zero-order valence-electron chi connectivity index (χ0n) is 11.3. The molecule has 0 aromatic heterocycles. The van der Waals surface area contributed by atoms with Crippen LogP contribution in [0.3, 0.4) is 0 Å². The molecule has 1 aliphatic heterocycles. The maximum atomic E-state index is 12.6. The molecule has 1 heterocycles. The minimum absolute atomic E-state index is 0.0597. The highest BCUT2D eigenvalue weighted by molar-refractivity contribution is 5.55. The minimum Gasteiger partial charge on any atom is -0.487 e. The zero-order chi connectivity index (χ0) is 15.7. The van der Waals surface area contributed by atoms with E-state index in [1.165, 1.54) is 6.07 Å². The summed E-state index contributed by atoms with van der Waals surface area (Å²) in [6.45, 7) is 0.331. The molecule has 0 bridgehead atoms. The molecule has 0 amide bonds. The van der Waals surface area contributed by atoms with E-state index in [1.54, 1.807) is 18.2 Å². The van der Waals surface area contributed by atoms with Gasteiger partial charge in [0.2, 0.25) is 6.79 Å². The van der Waals surface area contributed by atoms with Crippen molar-refractivity contribution in [2.24, 2.45) is 0 Å². The number of ether oxygens (including phenoxy) is 3. The first kappa shape index (κ1) is 14.4. The molecule has 0 aliphatic carbocycles. The Morgan fingerprint density at radius 3 is 2.55 bits per heavy atom. The van der Waals surface area contributed by atoms with Crippen molar-refractivity contribution in [3.05, 3.63) is 47.5 Å². The average molecular weight is 311 g/mol. The number of nitrogens with two attached hydrogens (primary N) is 1. The van der Waals surface area contributed by atoms with Crippen molar-refractivity contribution >= 4 is 5.69 Å². The number of hydrogen-bond donors (Lipinski definition) is 1. The first-order chi connectivity index (χ1) is 10.4. The summed E-state index contributed by atoms with van der Waals surface area (Å²) in [4.78, 5) is 0. The van der Waals surface area contributed by atoms with Gasteiger partial charge >= 0.3 is 6.18 Å². The smallest absolute Gasteiger partial charge is 0.416 e. The Bertz CT molecular complexity index is 701. The van der Waals surface area contributed by atoms with E-state index in [1.807, 2.05) is 0 Å². The Morgan fingerprint density at radius 2 is 1.82 bits per heavy atom. The van der Waals surface area contributed by atoms with Crippen molar-refractivity contribution in [3.63, 3.8) is 0 Å². The molecule has 0 fully saturated rings. The third kappa shape index (κ3) is 2.88. The maximum Gasteiger partial charge on any atom is 0.416 e. The lowest BCUT2D eigenvalue weighted by atomic mass is 10.2. The van der Waals surface area contributed by atoms with Gasteiger partial charge in [0.1, 0.15) is 12.4 Å². The van der Waals surface area contributed by atoms with Gasteiger partial charge in [0.05, 0.1) is 11.3 Å². The second kappa shape index (κ2) is 5.32. The van der Waals surface area contributed by atoms with Gasteiger partial charge in [-0.25, -0.2) is 0 Å². The molecule has 0 spiro atoms. The molecule has 0 atom stereocenters. The number of benzene rings is 2. The standard InChI is InChI=1S/C15H12F3NO3/c16-15(17,18)10-2-4-12(11(19)6-10)20-7-9-1-3-13-14(5-9)22-8-21-13/h1-6H,7-8,19H2. The SMILES string of the molecule is Nc1cc(C(F)(F)F)ccc1OCc1ccc2c(c1)OCO2. The summed E-state index contributed by atoms with van der Waals surface area (Å²) in [5, 5.41) is 0. The highest BCUT2D eigenvalue weighted by atomic mass is 19.4. The molecular weight excluding hydrogens is 299 g/mol. The fourth-order valence-electron chi connectivity index (χ4n) is 2.05. The second-order valence-corrected chi connectivity index (χ2v) is 4.73. The van der Waals surface area contributed by atoms with Crippen LogP contribution in [0.2, 0.25) is 0 Å². The van der Waals surface area contributed by atoms with E-state index in [0.717, 1.165) is 17.7 Å². The van der Waals surface area contributed by atoms with Crippen LogP contribution >= 0.6 is 0 Å². The molecule has 2 aromatic rings. The Balaban J connectivity index is 1.71. The first-order valence-corrected chi connectivity index (χ1v) is 6.41. The molecule has 4 nitrogen and oxygen atoms in total. The molecule has 3 rings (SSSR count). The molecule has 0 unspecified atom stereocenters. The van der Waals surface area contributed by atoms with E-state index in [4.69, 9.17) is 19.9 Å². The van der Waals surface area contributed by atoms with Crippen molar-refractivity contribution in [1.29, 1.82) is 0 Å². The molecule has 1 aliphatic rings. The summed E-state index contributed by atoms with van der Waals surface area (Å²) in [6.07, 6.45) is -4.43. The number of hydrogen-bond acceptors (Lipinski definition) is 4. The monoisotopic (exact) mass is 311 g/mol. The third-order valence-corrected chi connectivity index (χ3v) is 3.17. The number of alkyl halides is 3. The van der Waals surface area contributed by atoms with E-state index < -0.39 is 11.7 Å². The minimum atomic E-state index is -4.43. The van der Waals surface area contributed by atoms with E-state index >= 15 is 0 Å². The molecular formula is C15H12F3NO3. The van der Waals surface area contributed by atoms with Crippen LogP contribution in [-0.2, 0) is 12.8 Å². The van der Waals surface area contributed by atoms with Gasteiger partial charge in [-0.05, 0) is 35.9 Å². The average Bonchev–Trinajstić information content (AvgIpc) is 2.92. The number of rotatable bonds is 3. The summed E-state index contributed by atoms with van der Waals surface area (Å²) in [5.41, 5.74) is 5.53. The molecule has 2 aromatic carbocycles. The molecule has 116 valence electrons. The highest BCUT2D eigenvalue weighted by Gasteiger charge is 2.30. The van der Waals surface area contributed by atoms with Gasteiger partial charge in [0.25, 0.3) is 0 Å². The summed E-state index contributed by atoms with van der Waals surface area (Å²) in [6, 6.07) is 8.29. The molecule has 0 saturated carbocycles. The van der Waals surface area contributed by atoms with Crippen LogP contribution in [0.4, 0.5) is 18.9 Å². The number of fused-ring (bicyclic) bond motifs is 1. The molecule has 22 heavy (non-hydrogen) atoms. The van der Waals surface area contributed by atoms with Crippen molar-refractivity contribution < 1.29 is 27.4 Å². The summed E-state index contributed by atoms with van der Waals surface area (Å²) < 4.78 is 53.6. The van der Waals surface area contributed by atoms with Gasteiger partial charge in [0.15, 0.2) is 11.5 Å². The van der Waals surface area contributed by atoms with Crippen LogP contribution < -0.4 is 19.9 Å². The summed E-state index contributed by atoms with van der Waals surface area (Å²) in [5.74, 6) is 1.46. The van der Waals surface area contributed by atoms with Crippen LogP contribution in [0.1, 0.15) is 11.1 Å². The number of anilines is 1. The molecule has 7 heteroatoms. The third-order valence-electron chi connectivity index (χ3n) is 3.17. The van der Waals surface area contributed by atoms with E-state index in [9.17, 15) is 13.2 Å². The largest absolute Gasteiger partial charge is 0.487 e. The Kier molecular flexibility index (Phi) is 3.48. The second-order valence-electron chi connectivity index (χ2n) is 4.73. The van der Waals surface area contributed by atoms with Gasteiger partial charge in [0, 0.05) is 0 Å². The predicted octanol–water partition coefficient (Wildman–Crippen LogP) is 3.60. The lowest BCUT2D eigenvalue weighted by Crippen LogP contribution is -2.06. The zero-order valence-corrected chi connectivity index (χ0v) is 11.3. The maximum absolute atomic E-state index is 12.6.